The Morgan fingerprint density at radius 3 is 2.86 bits per heavy atom. The van der Waals surface area contributed by atoms with Gasteiger partial charge in [0.05, 0.1) is 6.61 Å². The fourth-order valence-electron chi connectivity index (χ4n) is 2.58. The number of hydrogen-bond donors (Lipinski definition) is 1. The number of fused-ring (bicyclic) bond motifs is 1. The van der Waals surface area contributed by atoms with Crippen molar-refractivity contribution in [3.8, 4) is 0 Å². The van der Waals surface area contributed by atoms with Gasteiger partial charge in [0, 0.05) is 19.6 Å². The topological polar surface area (TPSA) is 55.6 Å². The predicted octanol–water partition coefficient (Wildman–Crippen LogP) is 2.13. The van der Waals surface area contributed by atoms with Gasteiger partial charge >= 0.3 is 0 Å². The summed E-state index contributed by atoms with van der Waals surface area (Å²) in [6, 6.07) is 8.16. The lowest BCUT2D eigenvalue weighted by Gasteiger charge is -2.29. The summed E-state index contributed by atoms with van der Waals surface area (Å²) in [5.41, 5.74) is 8.28. The molecule has 2 unspecified atom stereocenters. The highest BCUT2D eigenvalue weighted by atomic mass is 16.5. The van der Waals surface area contributed by atoms with Crippen molar-refractivity contribution in [3.05, 3.63) is 35.4 Å². The van der Waals surface area contributed by atoms with E-state index in [1.54, 1.807) is 4.90 Å². The van der Waals surface area contributed by atoms with E-state index in [1.807, 2.05) is 25.2 Å². The second kappa shape index (κ2) is 7.05. The Bertz CT molecular complexity index is 487. The average Bonchev–Trinajstić information content (AvgIpc) is 2.50. The molecule has 1 aliphatic heterocycles. The van der Waals surface area contributed by atoms with Crippen molar-refractivity contribution in [1.29, 1.82) is 0 Å². The van der Waals surface area contributed by atoms with Crippen LogP contribution in [0.25, 0.3) is 0 Å². The van der Waals surface area contributed by atoms with Gasteiger partial charge in [-0.15, -0.1) is 0 Å². The Balaban J connectivity index is 2.00. The molecule has 0 fully saturated rings. The quantitative estimate of drug-likeness (QED) is 0.904. The fourth-order valence-corrected chi connectivity index (χ4v) is 2.58. The lowest BCUT2D eigenvalue weighted by atomic mass is 9.96. The van der Waals surface area contributed by atoms with E-state index in [9.17, 15) is 4.79 Å². The maximum Gasteiger partial charge on any atom is 0.256 e. The monoisotopic (exact) mass is 290 g/mol. The number of amides is 1. The maximum absolute atomic E-state index is 12.6. The molecular weight excluding hydrogens is 264 g/mol. The van der Waals surface area contributed by atoms with Crippen molar-refractivity contribution in [3.63, 3.8) is 0 Å². The Labute approximate surface area is 127 Å². The van der Waals surface area contributed by atoms with E-state index in [1.165, 1.54) is 5.56 Å². The third-order valence-electron chi connectivity index (χ3n) is 4.25. The van der Waals surface area contributed by atoms with Crippen molar-refractivity contribution >= 4 is 5.91 Å². The van der Waals surface area contributed by atoms with Crippen LogP contribution in [0, 0.1) is 5.92 Å². The fraction of sp³-hybridized carbons (Fsp3) is 0.588. The van der Waals surface area contributed by atoms with E-state index in [4.69, 9.17) is 10.5 Å². The lowest BCUT2D eigenvalue weighted by molar-refractivity contribution is -0.143. The molecule has 0 bridgehead atoms. The van der Waals surface area contributed by atoms with E-state index >= 15 is 0 Å². The Morgan fingerprint density at radius 1 is 1.43 bits per heavy atom. The molecule has 0 saturated carbocycles. The predicted molar refractivity (Wildman–Crippen MR) is 83.9 cm³/mol. The van der Waals surface area contributed by atoms with Crippen molar-refractivity contribution in [2.45, 2.75) is 38.8 Å². The summed E-state index contributed by atoms with van der Waals surface area (Å²) >= 11 is 0. The van der Waals surface area contributed by atoms with E-state index in [0.29, 0.717) is 19.1 Å². The van der Waals surface area contributed by atoms with Gasteiger partial charge in [-0.25, -0.2) is 0 Å². The first-order valence-corrected chi connectivity index (χ1v) is 7.70. The molecule has 2 rings (SSSR count). The van der Waals surface area contributed by atoms with Crippen LogP contribution in [0.4, 0.5) is 0 Å². The summed E-state index contributed by atoms with van der Waals surface area (Å²) in [5.74, 6) is 0.457. The largest absolute Gasteiger partial charge is 0.363 e. The molecule has 1 aliphatic rings. The van der Waals surface area contributed by atoms with Crippen LogP contribution in [-0.4, -0.2) is 37.0 Å². The number of benzene rings is 1. The summed E-state index contributed by atoms with van der Waals surface area (Å²) in [4.78, 5) is 14.3. The van der Waals surface area contributed by atoms with Gasteiger partial charge in [0.1, 0.15) is 0 Å². The highest BCUT2D eigenvalue weighted by Gasteiger charge is 2.29. The molecule has 4 nitrogen and oxygen atoms in total. The number of nitrogens with two attached hydrogens (primary N) is 1. The summed E-state index contributed by atoms with van der Waals surface area (Å²) < 4.78 is 5.72. The molecule has 4 heteroatoms. The zero-order chi connectivity index (χ0) is 15.4. The maximum atomic E-state index is 12.6. The van der Waals surface area contributed by atoms with Crippen molar-refractivity contribution in [2.24, 2.45) is 11.7 Å². The van der Waals surface area contributed by atoms with Gasteiger partial charge < -0.3 is 15.4 Å². The number of rotatable bonds is 5. The van der Waals surface area contributed by atoms with Crippen LogP contribution in [0.15, 0.2) is 24.3 Å². The van der Waals surface area contributed by atoms with Gasteiger partial charge in [0.15, 0.2) is 6.10 Å². The van der Waals surface area contributed by atoms with Gasteiger partial charge in [0.2, 0.25) is 0 Å². The second-order valence-corrected chi connectivity index (χ2v) is 6.16. The first kappa shape index (κ1) is 16.0. The van der Waals surface area contributed by atoms with Crippen LogP contribution in [0.2, 0.25) is 0 Å². The molecule has 0 saturated heterocycles. The first-order chi connectivity index (χ1) is 10.0. The minimum atomic E-state index is -0.463. The number of carbonyl (C=O) groups excluding carboxylic acids is 1. The van der Waals surface area contributed by atoms with E-state index < -0.39 is 6.10 Å². The second-order valence-electron chi connectivity index (χ2n) is 6.16. The van der Waals surface area contributed by atoms with Crippen molar-refractivity contribution in [1.82, 2.24) is 4.90 Å². The molecule has 0 spiro atoms. The minimum Gasteiger partial charge on any atom is -0.363 e. The molecule has 0 aromatic heterocycles. The zero-order valence-corrected chi connectivity index (χ0v) is 13.2. The molecule has 116 valence electrons. The van der Waals surface area contributed by atoms with Gasteiger partial charge in [-0.2, -0.15) is 0 Å². The third kappa shape index (κ3) is 3.83. The smallest absolute Gasteiger partial charge is 0.256 e. The Hall–Kier alpha value is -1.39. The summed E-state index contributed by atoms with van der Waals surface area (Å²) in [5, 5.41) is 0. The van der Waals surface area contributed by atoms with Crippen molar-refractivity contribution < 1.29 is 9.53 Å². The molecule has 21 heavy (non-hydrogen) atoms. The summed E-state index contributed by atoms with van der Waals surface area (Å²) in [6.07, 6.45) is 1.23. The number of ether oxygens (including phenoxy) is 1. The molecule has 2 atom stereocenters. The van der Waals surface area contributed by atoms with E-state index in [-0.39, 0.29) is 11.9 Å². The van der Waals surface area contributed by atoms with Crippen LogP contribution in [0.1, 0.15) is 37.5 Å². The number of likely N-dealkylation sites (N-methyl/N-ethyl adjacent to an activating group) is 1. The van der Waals surface area contributed by atoms with Crippen molar-refractivity contribution in [2.75, 3.05) is 20.2 Å². The Kier molecular flexibility index (Phi) is 5.37. The van der Waals surface area contributed by atoms with E-state index in [0.717, 1.165) is 18.4 Å². The highest BCUT2D eigenvalue weighted by Crippen LogP contribution is 2.28. The van der Waals surface area contributed by atoms with Gasteiger partial charge in [-0.3, -0.25) is 4.79 Å². The lowest BCUT2D eigenvalue weighted by Crippen LogP contribution is -2.38. The van der Waals surface area contributed by atoms with Crippen LogP contribution < -0.4 is 5.73 Å². The third-order valence-corrected chi connectivity index (χ3v) is 4.25. The van der Waals surface area contributed by atoms with E-state index in [2.05, 4.69) is 19.9 Å². The van der Waals surface area contributed by atoms with Gasteiger partial charge in [0.25, 0.3) is 5.91 Å². The first-order valence-electron chi connectivity index (χ1n) is 7.70. The van der Waals surface area contributed by atoms with Crippen LogP contribution in [0.3, 0.4) is 0 Å². The van der Waals surface area contributed by atoms with Gasteiger partial charge in [-0.05, 0) is 29.9 Å². The normalized spacial score (nSPS) is 19.2. The number of carbonyl (C=O) groups is 1. The van der Waals surface area contributed by atoms with Crippen LogP contribution in [-0.2, 0) is 16.0 Å². The summed E-state index contributed by atoms with van der Waals surface area (Å²) in [7, 11) is 1.83. The summed E-state index contributed by atoms with van der Waals surface area (Å²) in [6.45, 7) is 5.48. The molecular formula is C17H26N2O2. The number of hydrogen-bond acceptors (Lipinski definition) is 3. The van der Waals surface area contributed by atoms with Crippen LogP contribution in [0.5, 0.6) is 0 Å². The Morgan fingerprint density at radius 2 is 2.14 bits per heavy atom. The zero-order valence-electron chi connectivity index (χ0n) is 13.2. The highest BCUT2D eigenvalue weighted by molar-refractivity contribution is 5.82. The molecule has 1 amide bonds. The SMILES string of the molecule is CC(C)C(N)CCN(C)C(=O)C1OCCc2ccccc21. The minimum absolute atomic E-state index is 0.0260. The average molecular weight is 290 g/mol. The molecule has 1 heterocycles. The standard InChI is InChI=1S/C17H26N2O2/c1-12(2)15(18)8-10-19(3)17(20)16-14-7-5-4-6-13(14)9-11-21-16/h4-7,12,15-16H,8-11,18H2,1-3H3. The number of nitrogens with zero attached hydrogens (tertiary/aromatic N) is 1. The molecule has 0 radical (unpaired) electrons. The molecule has 1 aromatic rings. The molecule has 2 N–H and O–H groups in total. The van der Waals surface area contributed by atoms with Crippen LogP contribution >= 0.6 is 0 Å². The molecule has 0 aliphatic carbocycles. The molecule has 1 aromatic carbocycles. The van der Waals surface area contributed by atoms with Gasteiger partial charge in [-0.1, -0.05) is 38.1 Å².